The summed E-state index contributed by atoms with van der Waals surface area (Å²) >= 11 is 6.17. The third kappa shape index (κ3) is 4.22. The van der Waals surface area contributed by atoms with Crippen LogP contribution in [0.2, 0.25) is 5.02 Å². The Morgan fingerprint density at radius 1 is 0.968 bits per heavy atom. The first kappa shape index (κ1) is 19.8. The maximum Gasteiger partial charge on any atom is 0.177 e. The Bertz CT molecular complexity index is 1230. The summed E-state index contributed by atoms with van der Waals surface area (Å²) in [5.41, 5.74) is 17.9. The van der Waals surface area contributed by atoms with Crippen LogP contribution < -0.4 is 16.8 Å². The number of benzene rings is 2. The summed E-state index contributed by atoms with van der Waals surface area (Å²) in [7, 11) is 0. The van der Waals surface area contributed by atoms with Crippen molar-refractivity contribution in [2.75, 3.05) is 11.1 Å². The standard InChI is InChI=1S/C24H25ClN6/c25-18-5-1-3-16(11-18)17-4-2-6-20(12-17)28-21-13-23(27)30-31-14-22(29-24(21)31)15-7-9-19(26)10-8-15/h1-6,11-15,19,28H,7-10,26H2,(H2,27,30)/t15-,19-. The second-order valence-corrected chi connectivity index (χ2v) is 8.68. The lowest BCUT2D eigenvalue weighted by molar-refractivity contribution is 0.391. The number of hydrogen-bond acceptors (Lipinski definition) is 5. The minimum absolute atomic E-state index is 0.311. The largest absolute Gasteiger partial charge is 0.382 e. The molecule has 2 heterocycles. The molecule has 0 atom stereocenters. The fourth-order valence-corrected chi connectivity index (χ4v) is 4.51. The van der Waals surface area contributed by atoms with Gasteiger partial charge in [-0.05, 0) is 61.1 Å². The van der Waals surface area contributed by atoms with Gasteiger partial charge in [-0.1, -0.05) is 35.9 Å². The van der Waals surface area contributed by atoms with Crippen molar-refractivity contribution in [2.24, 2.45) is 5.73 Å². The quantitative estimate of drug-likeness (QED) is 0.403. The molecule has 0 radical (unpaired) electrons. The molecule has 0 amide bonds. The first-order valence-corrected chi connectivity index (χ1v) is 11.0. The van der Waals surface area contributed by atoms with Gasteiger partial charge in [-0.2, -0.15) is 0 Å². The molecule has 2 aromatic heterocycles. The van der Waals surface area contributed by atoms with E-state index in [0.29, 0.717) is 22.8 Å². The Morgan fingerprint density at radius 3 is 2.48 bits per heavy atom. The molecule has 0 aliphatic heterocycles. The van der Waals surface area contributed by atoms with Crippen LogP contribution >= 0.6 is 11.6 Å². The number of nitrogens with two attached hydrogens (primary N) is 2. The fourth-order valence-electron chi connectivity index (χ4n) is 4.32. The van der Waals surface area contributed by atoms with Crippen LogP contribution in [-0.2, 0) is 0 Å². The molecule has 4 aromatic rings. The minimum atomic E-state index is 0.311. The predicted molar refractivity (Wildman–Crippen MR) is 127 cm³/mol. The molecule has 0 spiro atoms. The Hall–Kier alpha value is -3.09. The maximum absolute atomic E-state index is 6.17. The number of anilines is 3. The molecule has 0 unspecified atom stereocenters. The van der Waals surface area contributed by atoms with E-state index in [1.165, 1.54) is 0 Å². The van der Waals surface area contributed by atoms with Gasteiger partial charge in [0.1, 0.15) is 5.82 Å². The predicted octanol–water partition coefficient (Wildman–Crippen LogP) is 5.36. The van der Waals surface area contributed by atoms with Gasteiger partial charge in [0.25, 0.3) is 0 Å². The van der Waals surface area contributed by atoms with E-state index >= 15 is 0 Å². The van der Waals surface area contributed by atoms with Crippen LogP contribution in [0.3, 0.4) is 0 Å². The van der Waals surface area contributed by atoms with E-state index in [4.69, 9.17) is 28.1 Å². The van der Waals surface area contributed by atoms with Gasteiger partial charge in [0.2, 0.25) is 0 Å². The number of imidazole rings is 1. The molecule has 5 N–H and O–H groups in total. The summed E-state index contributed by atoms with van der Waals surface area (Å²) in [4.78, 5) is 4.91. The highest BCUT2D eigenvalue weighted by atomic mass is 35.5. The van der Waals surface area contributed by atoms with Gasteiger partial charge < -0.3 is 16.8 Å². The molecule has 1 saturated carbocycles. The molecule has 0 bridgehead atoms. The van der Waals surface area contributed by atoms with E-state index in [-0.39, 0.29) is 0 Å². The summed E-state index contributed by atoms with van der Waals surface area (Å²) in [6, 6.07) is 18.2. The first-order valence-electron chi connectivity index (χ1n) is 10.6. The molecule has 1 aliphatic carbocycles. The highest BCUT2D eigenvalue weighted by molar-refractivity contribution is 6.30. The van der Waals surface area contributed by atoms with Crippen molar-refractivity contribution in [1.82, 2.24) is 14.6 Å². The van der Waals surface area contributed by atoms with Crippen LogP contribution in [0.15, 0.2) is 60.8 Å². The molecule has 1 aliphatic rings. The zero-order valence-corrected chi connectivity index (χ0v) is 17.9. The summed E-state index contributed by atoms with van der Waals surface area (Å²) in [6.07, 6.45) is 6.20. The van der Waals surface area contributed by atoms with Crippen molar-refractivity contribution in [3.05, 3.63) is 71.5 Å². The SMILES string of the molecule is Nc1cc(Nc2cccc(-c3cccc(Cl)c3)c2)c2nc([C@H]3CC[C@H](N)CC3)cn2n1. The van der Waals surface area contributed by atoms with Crippen molar-refractivity contribution in [3.8, 4) is 11.1 Å². The Balaban J connectivity index is 1.47. The first-order chi connectivity index (χ1) is 15.0. The Morgan fingerprint density at radius 2 is 1.71 bits per heavy atom. The maximum atomic E-state index is 6.17. The molecule has 0 saturated heterocycles. The van der Waals surface area contributed by atoms with Crippen molar-refractivity contribution in [3.63, 3.8) is 0 Å². The topological polar surface area (TPSA) is 94.3 Å². The van der Waals surface area contributed by atoms with Crippen molar-refractivity contribution in [2.45, 2.75) is 37.6 Å². The fraction of sp³-hybridized carbons (Fsp3) is 0.250. The molecule has 158 valence electrons. The van der Waals surface area contributed by atoms with E-state index in [1.807, 2.05) is 48.7 Å². The summed E-state index contributed by atoms with van der Waals surface area (Å²) in [5.74, 6) is 0.859. The van der Waals surface area contributed by atoms with E-state index < -0.39 is 0 Å². The average Bonchev–Trinajstić information content (AvgIpc) is 3.19. The lowest BCUT2D eigenvalue weighted by Gasteiger charge is -2.24. The second kappa shape index (κ2) is 8.21. The van der Waals surface area contributed by atoms with Crippen molar-refractivity contribution >= 4 is 34.4 Å². The monoisotopic (exact) mass is 432 g/mol. The third-order valence-electron chi connectivity index (χ3n) is 5.95. The highest BCUT2D eigenvalue weighted by Crippen LogP contribution is 2.33. The summed E-state index contributed by atoms with van der Waals surface area (Å²) in [5, 5.41) is 8.63. The molecular weight excluding hydrogens is 408 g/mol. The Labute approximate surface area is 186 Å². The van der Waals surface area contributed by atoms with Crippen molar-refractivity contribution in [1.29, 1.82) is 0 Å². The van der Waals surface area contributed by atoms with E-state index in [1.54, 1.807) is 4.52 Å². The Kier molecular flexibility index (Phi) is 5.26. The van der Waals surface area contributed by atoms with Gasteiger partial charge in [0, 0.05) is 28.7 Å². The zero-order chi connectivity index (χ0) is 21.4. The molecule has 2 aromatic carbocycles. The lowest BCUT2D eigenvalue weighted by atomic mass is 9.85. The number of halogens is 1. The summed E-state index contributed by atoms with van der Waals surface area (Å²) < 4.78 is 1.78. The molecule has 6 nitrogen and oxygen atoms in total. The zero-order valence-electron chi connectivity index (χ0n) is 17.1. The van der Waals surface area contributed by atoms with Gasteiger partial charge in [-0.3, -0.25) is 0 Å². The summed E-state index contributed by atoms with van der Waals surface area (Å²) in [6.45, 7) is 0. The van der Waals surface area contributed by atoms with Crippen LogP contribution in [0.5, 0.6) is 0 Å². The molecule has 7 heteroatoms. The van der Waals surface area contributed by atoms with Gasteiger partial charge in [0.05, 0.1) is 17.6 Å². The van der Waals surface area contributed by atoms with Crippen LogP contribution in [-0.4, -0.2) is 20.6 Å². The molecule has 5 rings (SSSR count). The van der Waals surface area contributed by atoms with Gasteiger partial charge in [-0.15, -0.1) is 5.10 Å². The minimum Gasteiger partial charge on any atom is -0.382 e. The smallest absolute Gasteiger partial charge is 0.177 e. The van der Waals surface area contributed by atoms with Crippen LogP contribution in [0, 0.1) is 0 Å². The number of aromatic nitrogens is 3. The third-order valence-corrected chi connectivity index (χ3v) is 6.19. The number of nitrogens with zero attached hydrogens (tertiary/aromatic N) is 3. The molecule has 1 fully saturated rings. The number of fused-ring (bicyclic) bond motifs is 1. The average molecular weight is 433 g/mol. The lowest BCUT2D eigenvalue weighted by Crippen LogP contribution is -2.25. The van der Waals surface area contributed by atoms with E-state index in [2.05, 4.69) is 22.5 Å². The second-order valence-electron chi connectivity index (χ2n) is 8.24. The number of hydrogen-bond donors (Lipinski definition) is 3. The van der Waals surface area contributed by atoms with Crippen molar-refractivity contribution < 1.29 is 0 Å². The van der Waals surface area contributed by atoms with Gasteiger partial charge in [-0.25, -0.2) is 9.50 Å². The number of nitrogen functional groups attached to an aromatic ring is 1. The van der Waals surface area contributed by atoms with E-state index in [0.717, 1.165) is 59.5 Å². The molecule has 31 heavy (non-hydrogen) atoms. The van der Waals surface area contributed by atoms with Crippen LogP contribution in [0.25, 0.3) is 16.8 Å². The number of rotatable bonds is 4. The van der Waals surface area contributed by atoms with Gasteiger partial charge in [0.15, 0.2) is 5.65 Å². The van der Waals surface area contributed by atoms with Crippen LogP contribution in [0.4, 0.5) is 17.2 Å². The number of nitrogens with one attached hydrogen (secondary N) is 1. The normalized spacial score (nSPS) is 18.9. The highest BCUT2D eigenvalue weighted by Gasteiger charge is 2.23. The van der Waals surface area contributed by atoms with Gasteiger partial charge >= 0.3 is 0 Å². The van der Waals surface area contributed by atoms with Crippen LogP contribution in [0.1, 0.15) is 37.3 Å². The van der Waals surface area contributed by atoms with E-state index in [9.17, 15) is 0 Å². The molecular formula is C24H25ClN6.